The predicted molar refractivity (Wildman–Crippen MR) is 109 cm³/mol. The van der Waals surface area contributed by atoms with Gasteiger partial charge in [0.25, 0.3) is 15.9 Å². The average molecular weight is 403 g/mol. The molecule has 1 amide bonds. The quantitative estimate of drug-likeness (QED) is 0.834. The summed E-state index contributed by atoms with van der Waals surface area (Å²) in [7, 11) is -3.65. The van der Waals surface area contributed by atoms with Gasteiger partial charge in [-0.15, -0.1) is 0 Å². The van der Waals surface area contributed by atoms with E-state index in [0.29, 0.717) is 12.3 Å². The maximum absolute atomic E-state index is 13.1. The van der Waals surface area contributed by atoms with Crippen LogP contribution in [0.15, 0.2) is 53.4 Å². The van der Waals surface area contributed by atoms with Crippen LogP contribution in [-0.2, 0) is 21.2 Å². The molecule has 0 aromatic heterocycles. The van der Waals surface area contributed by atoms with Crippen molar-refractivity contribution in [2.75, 3.05) is 17.5 Å². The number of hydrogen-bond acceptors (Lipinski definition) is 4. The fourth-order valence-electron chi connectivity index (χ4n) is 3.19. The zero-order chi connectivity index (χ0) is 20.4. The van der Waals surface area contributed by atoms with E-state index in [1.54, 1.807) is 12.1 Å². The number of benzene rings is 2. The lowest BCUT2D eigenvalue weighted by atomic mass is 10.0. The number of amides is 1. The van der Waals surface area contributed by atoms with Gasteiger partial charge in [-0.2, -0.15) is 0 Å². The molecular weight excluding hydrogens is 376 g/mol. The van der Waals surface area contributed by atoms with Gasteiger partial charge in [0.05, 0.1) is 10.6 Å². The minimum Gasteiger partial charge on any atom is -0.484 e. The van der Waals surface area contributed by atoms with Crippen molar-refractivity contribution in [3.63, 3.8) is 0 Å². The Morgan fingerprint density at radius 1 is 1.11 bits per heavy atom. The topological polar surface area (TPSA) is 75.7 Å². The third-order valence-corrected chi connectivity index (χ3v) is 6.19. The largest absolute Gasteiger partial charge is 0.484 e. The van der Waals surface area contributed by atoms with Crippen LogP contribution in [0, 0.1) is 0 Å². The Kier molecular flexibility index (Phi) is 5.65. The van der Waals surface area contributed by atoms with Crippen molar-refractivity contribution < 1.29 is 17.9 Å². The molecule has 0 atom stereocenters. The third kappa shape index (κ3) is 4.65. The van der Waals surface area contributed by atoms with Gasteiger partial charge in [-0.25, -0.2) is 8.42 Å². The van der Waals surface area contributed by atoms with Gasteiger partial charge in [0.2, 0.25) is 0 Å². The Balaban J connectivity index is 1.72. The molecule has 0 saturated carbocycles. The van der Waals surface area contributed by atoms with Crippen molar-refractivity contribution >= 4 is 21.6 Å². The molecule has 6 nitrogen and oxygen atoms in total. The Morgan fingerprint density at radius 3 is 2.46 bits per heavy atom. The summed E-state index contributed by atoms with van der Waals surface area (Å²) < 4.78 is 33.1. The minimum absolute atomic E-state index is 0.122. The average Bonchev–Trinajstić information content (AvgIpc) is 2.65. The molecule has 3 rings (SSSR count). The maximum Gasteiger partial charge on any atom is 0.264 e. The molecule has 28 heavy (non-hydrogen) atoms. The molecule has 150 valence electrons. The van der Waals surface area contributed by atoms with E-state index in [1.807, 2.05) is 45.0 Å². The van der Waals surface area contributed by atoms with Crippen molar-refractivity contribution in [3.05, 3.63) is 54.1 Å². The van der Waals surface area contributed by atoms with E-state index in [-0.39, 0.29) is 22.9 Å². The molecule has 0 spiro atoms. The monoisotopic (exact) mass is 402 g/mol. The Labute approximate surface area is 166 Å². The van der Waals surface area contributed by atoms with Crippen molar-refractivity contribution in [1.82, 2.24) is 5.32 Å². The third-order valence-electron chi connectivity index (χ3n) is 4.36. The molecule has 0 bridgehead atoms. The number of sulfonamides is 1. The number of hydrogen-bond donors (Lipinski definition) is 1. The first kappa shape index (κ1) is 20.2. The van der Waals surface area contributed by atoms with Crippen LogP contribution in [-0.4, -0.2) is 33.0 Å². The molecule has 0 saturated heterocycles. The predicted octanol–water partition coefficient (Wildman–Crippen LogP) is 3.12. The van der Waals surface area contributed by atoms with Crippen molar-refractivity contribution in [1.29, 1.82) is 0 Å². The van der Waals surface area contributed by atoms with E-state index in [4.69, 9.17) is 4.74 Å². The molecule has 2 aromatic carbocycles. The number of nitrogens with zero attached hydrogens (tertiary/aromatic N) is 1. The Bertz CT molecular complexity index is 947. The smallest absolute Gasteiger partial charge is 0.264 e. The van der Waals surface area contributed by atoms with Gasteiger partial charge in [-0.1, -0.05) is 18.2 Å². The summed E-state index contributed by atoms with van der Waals surface area (Å²) in [5.74, 6) is 0.219. The lowest BCUT2D eigenvalue weighted by Gasteiger charge is -2.30. The molecule has 0 unspecified atom stereocenters. The van der Waals surface area contributed by atoms with E-state index in [0.717, 1.165) is 24.1 Å². The van der Waals surface area contributed by atoms with Gasteiger partial charge >= 0.3 is 0 Å². The number of para-hydroxylation sites is 1. The van der Waals surface area contributed by atoms with Gasteiger partial charge < -0.3 is 10.1 Å². The van der Waals surface area contributed by atoms with Crippen LogP contribution in [0.1, 0.15) is 32.8 Å². The standard InChI is InChI=1S/C21H26N2O4S/c1-21(2,3)22-20(24)15-27-17-10-12-18(13-11-17)28(25,26)23-14-6-8-16-7-4-5-9-19(16)23/h4-5,7,9-13H,6,8,14-15H2,1-3H3,(H,22,24). The van der Waals surface area contributed by atoms with Gasteiger partial charge in [-0.05, 0) is 69.5 Å². The highest BCUT2D eigenvalue weighted by Crippen LogP contribution is 2.32. The van der Waals surface area contributed by atoms with Crippen LogP contribution in [0.25, 0.3) is 0 Å². The van der Waals surface area contributed by atoms with Crippen molar-refractivity contribution in [2.24, 2.45) is 0 Å². The summed E-state index contributed by atoms with van der Waals surface area (Å²) in [5, 5.41) is 2.81. The number of nitrogens with one attached hydrogen (secondary N) is 1. The minimum atomic E-state index is -3.65. The van der Waals surface area contributed by atoms with Crippen LogP contribution < -0.4 is 14.4 Å². The van der Waals surface area contributed by atoms with E-state index in [9.17, 15) is 13.2 Å². The first-order valence-electron chi connectivity index (χ1n) is 9.31. The number of carbonyl (C=O) groups excluding carboxylic acids is 1. The van der Waals surface area contributed by atoms with E-state index in [2.05, 4.69) is 5.32 Å². The Morgan fingerprint density at radius 2 is 1.79 bits per heavy atom. The zero-order valence-electron chi connectivity index (χ0n) is 16.4. The van der Waals surface area contributed by atoms with Gasteiger partial charge in [0.1, 0.15) is 5.75 Å². The number of ether oxygens (including phenoxy) is 1. The second-order valence-corrected chi connectivity index (χ2v) is 9.73. The lowest BCUT2D eigenvalue weighted by molar-refractivity contribution is -0.124. The highest BCUT2D eigenvalue weighted by molar-refractivity contribution is 7.92. The van der Waals surface area contributed by atoms with Gasteiger partial charge in [-0.3, -0.25) is 9.10 Å². The molecule has 1 heterocycles. The zero-order valence-corrected chi connectivity index (χ0v) is 17.3. The van der Waals surface area contributed by atoms with Crippen LogP contribution in [0.3, 0.4) is 0 Å². The molecule has 0 fully saturated rings. The number of rotatable bonds is 5. The molecular formula is C21H26N2O4S. The molecule has 2 aromatic rings. The SMILES string of the molecule is CC(C)(C)NC(=O)COc1ccc(S(=O)(=O)N2CCCc3ccccc32)cc1. The Hall–Kier alpha value is -2.54. The van der Waals surface area contributed by atoms with Crippen molar-refractivity contribution in [3.8, 4) is 5.75 Å². The fraction of sp³-hybridized carbons (Fsp3) is 0.381. The summed E-state index contributed by atoms with van der Waals surface area (Å²) >= 11 is 0. The van der Waals surface area contributed by atoms with Crippen LogP contribution in [0.2, 0.25) is 0 Å². The number of fused-ring (bicyclic) bond motifs is 1. The van der Waals surface area contributed by atoms with E-state index >= 15 is 0 Å². The van der Waals surface area contributed by atoms with E-state index < -0.39 is 10.0 Å². The van der Waals surface area contributed by atoms with E-state index in [1.165, 1.54) is 16.4 Å². The first-order chi connectivity index (χ1) is 13.2. The summed E-state index contributed by atoms with van der Waals surface area (Å²) in [6.07, 6.45) is 1.67. The fourth-order valence-corrected chi connectivity index (χ4v) is 4.73. The van der Waals surface area contributed by atoms with Crippen molar-refractivity contribution in [2.45, 2.75) is 44.0 Å². The molecule has 1 aliphatic heterocycles. The summed E-state index contributed by atoms with van der Waals surface area (Å²) in [4.78, 5) is 12.0. The number of aryl methyl sites for hydroxylation is 1. The van der Waals surface area contributed by atoms with Crippen LogP contribution >= 0.6 is 0 Å². The summed E-state index contributed by atoms with van der Waals surface area (Å²) in [6.45, 7) is 6.02. The van der Waals surface area contributed by atoms with Crippen LogP contribution in [0.4, 0.5) is 5.69 Å². The molecule has 7 heteroatoms. The lowest BCUT2D eigenvalue weighted by Crippen LogP contribution is -2.43. The number of anilines is 1. The van der Waals surface area contributed by atoms with Gasteiger partial charge in [0.15, 0.2) is 6.61 Å². The maximum atomic E-state index is 13.1. The highest BCUT2D eigenvalue weighted by Gasteiger charge is 2.28. The molecule has 1 aliphatic rings. The molecule has 0 aliphatic carbocycles. The summed E-state index contributed by atoms with van der Waals surface area (Å²) in [5.41, 5.74) is 1.46. The second kappa shape index (κ2) is 7.83. The first-order valence-corrected chi connectivity index (χ1v) is 10.8. The highest BCUT2D eigenvalue weighted by atomic mass is 32.2. The number of carbonyl (C=O) groups is 1. The molecule has 1 N–H and O–H groups in total. The summed E-state index contributed by atoms with van der Waals surface area (Å²) in [6, 6.07) is 13.8. The normalized spacial score (nSPS) is 14.3. The van der Waals surface area contributed by atoms with Crippen LogP contribution in [0.5, 0.6) is 5.75 Å². The van der Waals surface area contributed by atoms with Gasteiger partial charge in [0, 0.05) is 12.1 Å². The second-order valence-electron chi connectivity index (χ2n) is 7.87. The molecule has 0 radical (unpaired) electrons.